The Labute approximate surface area is 115 Å². The predicted octanol–water partition coefficient (Wildman–Crippen LogP) is 3.03. The summed E-state index contributed by atoms with van der Waals surface area (Å²) < 4.78 is 12.9. The Morgan fingerprint density at radius 1 is 1.26 bits per heavy atom. The van der Waals surface area contributed by atoms with Crippen molar-refractivity contribution in [2.45, 2.75) is 32.0 Å². The van der Waals surface area contributed by atoms with E-state index in [0.29, 0.717) is 11.2 Å². The monoisotopic (exact) mass is 277 g/mol. The van der Waals surface area contributed by atoms with Crippen LogP contribution in [0.5, 0.6) is 0 Å². The van der Waals surface area contributed by atoms with Crippen molar-refractivity contribution in [2.75, 3.05) is 5.73 Å². The molecule has 5 heteroatoms. The third kappa shape index (κ3) is 3.30. The second-order valence-corrected chi connectivity index (χ2v) is 6.07. The highest BCUT2D eigenvalue weighted by Crippen LogP contribution is 2.31. The number of nitrogens with zero attached hydrogens (tertiary/aromatic N) is 2. The first-order valence-corrected chi connectivity index (χ1v) is 7.21. The van der Waals surface area contributed by atoms with Gasteiger partial charge in [0.05, 0.1) is 0 Å². The lowest BCUT2D eigenvalue weighted by Gasteiger charge is -2.21. The highest BCUT2D eigenvalue weighted by atomic mass is 32.1. The molecule has 0 atom stereocenters. The summed E-state index contributed by atoms with van der Waals surface area (Å²) in [6.45, 7) is 1.72. The largest absolute Gasteiger partial charge is 0.375 e. The molecule has 1 aliphatic carbocycles. The van der Waals surface area contributed by atoms with Gasteiger partial charge in [-0.3, -0.25) is 4.90 Å². The first-order chi connectivity index (χ1) is 9.20. The maximum atomic E-state index is 12.9. The summed E-state index contributed by atoms with van der Waals surface area (Å²) in [6, 6.07) is 7.39. The molecule has 1 aromatic carbocycles. The summed E-state index contributed by atoms with van der Waals surface area (Å²) in [5.74, 6) is -0.183. The van der Waals surface area contributed by atoms with Gasteiger partial charge in [-0.2, -0.15) is 0 Å². The van der Waals surface area contributed by atoms with Gasteiger partial charge in [-0.15, -0.1) is 11.3 Å². The number of anilines is 1. The lowest BCUT2D eigenvalue weighted by molar-refractivity contribution is 0.248. The average molecular weight is 277 g/mol. The molecular formula is C14H16FN3S. The first-order valence-electron chi connectivity index (χ1n) is 6.39. The molecule has 1 fully saturated rings. The molecule has 2 N–H and O–H groups in total. The van der Waals surface area contributed by atoms with Gasteiger partial charge in [-0.25, -0.2) is 9.37 Å². The van der Waals surface area contributed by atoms with Crippen molar-refractivity contribution in [3.63, 3.8) is 0 Å². The van der Waals surface area contributed by atoms with Crippen LogP contribution in [-0.4, -0.2) is 15.9 Å². The molecule has 3 rings (SSSR count). The van der Waals surface area contributed by atoms with E-state index in [-0.39, 0.29) is 5.82 Å². The lowest BCUT2D eigenvalue weighted by atomic mass is 10.2. The summed E-state index contributed by atoms with van der Waals surface area (Å²) in [5, 5.41) is 0.618. The number of thiazole rings is 1. The Hall–Kier alpha value is -1.46. The zero-order chi connectivity index (χ0) is 13.2. The van der Waals surface area contributed by atoms with Crippen LogP contribution >= 0.6 is 11.3 Å². The fraction of sp³-hybridized carbons (Fsp3) is 0.357. The average Bonchev–Trinajstić information content (AvgIpc) is 3.16. The fourth-order valence-corrected chi connectivity index (χ4v) is 2.88. The molecule has 0 saturated heterocycles. The lowest BCUT2D eigenvalue weighted by Crippen LogP contribution is -2.24. The van der Waals surface area contributed by atoms with Crippen LogP contribution in [0.15, 0.2) is 30.5 Å². The van der Waals surface area contributed by atoms with Crippen molar-refractivity contribution in [3.05, 3.63) is 46.7 Å². The van der Waals surface area contributed by atoms with Crippen LogP contribution < -0.4 is 5.73 Å². The Bertz CT molecular complexity index is 548. The van der Waals surface area contributed by atoms with Crippen LogP contribution in [0.2, 0.25) is 0 Å². The Morgan fingerprint density at radius 3 is 2.58 bits per heavy atom. The number of aromatic nitrogens is 1. The number of halogens is 1. The van der Waals surface area contributed by atoms with E-state index in [2.05, 4.69) is 9.88 Å². The zero-order valence-electron chi connectivity index (χ0n) is 10.6. The second-order valence-electron chi connectivity index (χ2n) is 4.93. The van der Waals surface area contributed by atoms with Gasteiger partial charge in [0.25, 0.3) is 0 Å². The Kier molecular flexibility index (Phi) is 3.48. The molecule has 1 saturated carbocycles. The minimum absolute atomic E-state index is 0.183. The molecule has 2 aromatic rings. The van der Waals surface area contributed by atoms with Crippen LogP contribution in [0.1, 0.15) is 23.3 Å². The number of benzene rings is 1. The second kappa shape index (κ2) is 5.27. The molecule has 100 valence electrons. The van der Waals surface area contributed by atoms with E-state index in [9.17, 15) is 4.39 Å². The number of rotatable bonds is 5. The van der Waals surface area contributed by atoms with Gasteiger partial charge in [-0.1, -0.05) is 12.1 Å². The van der Waals surface area contributed by atoms with Crippen LogP contribution in [0.25, 0.3) is 0 Å². The molecule has 0 unspecified atom stereocenters. The fourth-order valence-electron chi connectivity index (χ4n) is 2.17. The summed E-state index contributed by atoms with van der Waals surface area (Å²) in [7, 11) is 0. The molecule has 0 aliphatic heterocycles. The molecule has 0 amide bonds. The Balaban J connectivity index is 1.69. The van der Waals surface area contributed by atoms with Crippen molar-refractivity contribution in [1.29, 1.82) is 0 Å². The van der Waals surface area contributed by atoms with E-state index in [4.69, 9.17) is 5.73 Å². The third-order valence-corrected chi connectivity index (χ3v) is 4.10. The summed E-state index contributed by atoms with van der Waals surface area (Å²) in [4.78, 5) is 7.69. The maximum absolute atomic E-state index is 12.9. The molecule has 19 heavy (non-hydrogen) atoms. The molecule has 0 bridgehead atoms. The topological polar surface area (TPSA) is 42.1 Å². The number of hydrogen-bond donors (Lipinski definition) is 1. The molecule has 1 aliphatic rings. The molecule has 0 spiro atoms. The van der Waals surface area contributed by atoms with Crippen LogP contribution in [0, 0.1) is 5.82 Å². The number of nitrogen functional groups attached to an aromatic ring is 1. The SMILES string of the molecule is Nc1ncc(CN(Cc2ccc(F)cc2)C2CC2)s1. The third-order valence-electron chi connectivity index (χ3n) is 3.29. The highest BCUT2D eigenvalue weighted by molar-refractivity contribution is 7.15. The van der Waals surface area contributed by atoms with Crippen molar-refractivity contribution in [2.24, 2.45) is 0 Å². The van der Waals surface area contributed by atoms with Gasteiger partial charge < -0.3 is 5.73 Å². The zero-order valence-corrected chi connectivity index (χ0v) is 11.4. The molecule has 1 heterocycles. The van der Waals surface area contributed by atoms with Crippen molar-refractivity contribution >= 4 is 16.5 Å². The Morgan fingerprint density at radius 2 is 2.00 bits per heavy atom. The molecular weight excluding hydrogens is 261 g/mol. The van der Waals surface area contributed by atoms with Gasteiger partial charge in [0, 0.05) is 30.2 Å². The van der Waals surface area contributed by atoms with Gasteiger partial charge in [-0.05, 0) is 30.5 Å². The maximum Gasteiger partial charge on any atom is 0.180 e. The van der Waals surface area contributed by atoms with Crippen LogP contribution in [-0.2, 0) is 13.1 Å². The van der Waals surface area contributed by atoms with Gasteiger partial charge >= 0.3 is 0 Å². The minimum atomic E-state index is -0.183. The van der Waals surface area contributed by atoms with E-state index in [1.807, 2.05) is 18.3 Å². The van der Waals surface area contributed by atoms with E-state index in [0.717, 1.165) is 18.7 Å². The van der Waals surface area contributed by atoms with Crippen LogP contribution in [0.4, 0.5) is 9.52 Å². The highest BCUT2D eigenvalue weighted by Gasteiger charge is 2.29. The smallest absolute Gasteiger partial charge is 0.180 e. The normalized spacial score (nSPS) is 15.1. The molecule has 1 aromatic heterocycles. The molecule has 3 nitrogen and oxygen atoms in total. The van der Waals surface area contributed by atoms with E-state index in [1.54, 1.807) is 0 Å². The minimum Gasteiger partial charge on any atom is -0.375 e. The van der Waals surface area contributed by atoms with E-state index in [1.165, 1.54) is 41.2 Å². The van der Waals surface area contributed by atoms with E-state index < -0.39 is 0 Å². The van der Waals surface area contributed by atoms with Crippen LogP contribution in [0.3, 0.4) is 0 Å². The molecule has 0 radical (unpaired) electrons. The number of nitrogens with two attached hydrogens (primary N) is 1. The standard InChI is InChI=1S/C14H16FN3S/c15-11-3-1-10(2-4-11)8-18(12-5-6-12)9-13-7-17-14(16)19-13/h1-4,7,12H,5-6,8-9H2,(H2,16,17). The summed E-state index contributed by atoms with van der Waals surface area (Å²) >= 11 is 1.54. The van der Waals surface area contributed by atoms with Crippen molar-refractivity contribution in [1.82, 2.24) is 9.88 Å². The predicted molar refractivity (Wildman–Crippen MR) is 75.2 cm³/mol. The van der Waals surface area contributed by atoms with Crippen molar-refractivity contribution < 1.29 is 4.39 Å². The summed E-state index contributed by atoms with van der Waals surface area (Å²) in [5.41, 5.74) is 6.81. The summed E-state index contributed by atoms with van der Waals surface area (Å²) in [6.07, 6.45) is 4.34. The van der Waals surface area contributed by atoms with Gasteiger partial charge in [0.15, 0.2) is 5.13 Å². The first kappa shape index (κ1) is 12.6. The quantitative estimate of drug-likeness (QED) is 0.913. The van der Waals surface area contributed by atoms with E-state index >= 15 is 0 Å². The van der Waals surface area contributed by atoms with Gasteiger partial charge in [0.1, 0.15) is 5.82 Å². The number of hydrogen-bond acceptors (Lipinski definition) is 4. The van der Waals surface area contributed by atoms with Gasteiger partial charge in [0.2, 0.25) is 0 Å². The van der Waals surface area contributed by atoms with Crippen molar-refractivity contribution in [3.8, 4) is 0 Å².